The van der Waals surface area contributed by atoms with E-state index in [-0.39, 0.29) is 5.91 Å². The minimum atomic E-state index is 0.156. The van der Waals surface area contributed by atoms with E-state index in [1.54, 1.807) is 0 Å². The lowest BCUT2D eigenvalue weighted by molar-refractivity contribution is -0.120. The molecule has 0 heterocycles. The van der Waals surface area contributed by atoms with Crippen molar-refractivity contribution in [3.8, 4) is 0 Å². The van der Waals surface area contributed by atoms with Crippen molar-refractivity contribution in [1.29, 1.82) is 0 Å². The molecule has 0 spiro atoms. The van der Waals surface area contributed by atoms with E-state index < -0.39 is 0 Å². The monoisotopic (exact) mass is 229 g/mol. The third kappa shape index (κ3) is 11.5. The lowest BCUT2D eigenvalue weighted by Gasteiger charge is -2.05. The molecule has 96 valence electrons. The van der Waals surface area contributed by atoms with Crippen LogP contribution in [0.25, 0.3) is 0 Å². The number of carbonyl (C=O) groups excluding carboxylic acids is 1. The first-order valence-corrected chi connectivity index (χ1v) is 6.49. The van der Waals surface area contributed by atoms with Crippen LogP contribution >= 0.6 is 0 Å². The van der Waals surface area contributed by atoms with Gasteiger partial charge in [-0.3, -0.25) is 4.79 Å². The third-order valence-corrected chi connectivity index (χ3v) is 2.40. The Kier molecular flexibility index (Phi) is 12.0. The summed E-state index contributed by atoms with van der Waals surface area (Å²) in [5.74, 6) is 0.156. The molecule has 0 aliphatic rings. The highest BCUT2D eigenvalue weighted by atomic mass is 16.1. The molecule has 4 heteroatoms. The fourth-order valence-corrected chi connectivity index (χ4v) is 1.38. The maximum atomic E-state index is 10.9. The molecule has 0 atom stereocenters. The summed E-state index contributed by atoms with van der Waals surface area (Å²) >= 11 is 0. The van der Waals surface area contributed by atoms with Gasteiger partial charge in [-0.15, -0.1) is 0 Å². The van der Waals surface area contributed by atoms with Gasteiger partial charge in [0.05, 0.1) is 0 Å². The molecule has 1 amide bonds. The van der Waals surface area contributed by atoms with Crippen molar-refractivity contribution in [2.45, 2.75) is 39.5 Å². The summed E-state index contributed by atoms with van der Waals surface area (Å²) in [4.78, 5) is 10.9. The Labute approximate surface area is 99.6 Å². The average molecular weight is 229 g/mol. The Morgan fingerprint density at radius 1 is 0.875 bits per heavy atom. The van der Waals surface area contributed by atoms with Gasteiger partial charge in [-0.25, -0.2) is 0 Å². The Balaban J connectivity index is 2.96. The molecule has 4 nitrogen and oxygen atoms in total. The van der Waals surface area contributed by atoms with Crippen LogP contribution in [0.4, 0.5) is 0 Å². The Morgan fingerprint density at radius 3 is 2.25 bits per heavy atom. The van der Waals surface area contributed by atoms with Crippen LogP contribution in [0.5, 0.6) is 0 Å². The first-order valence-electron chi connectivity index (χ1n) is 6.49. The zero-order valence-corrected chi connectivity index (χ0v) is 10.8. The molecular formula is C12H27N3O. The summed E-state index contributed by atoms with van der Waals surface area (Å²) in [6.45, 7) is 9.02. The smallest absolute Gasteiger partial charge is 0.219 e. The van der Waals surface area contributed by atoms with Gasteiger partial charge in [0.2, 0.25) is 5.91 Å². The van der Waals surface area contributed by atoms with Crippen molar-refractivity contribution in [3.63, 3.8) is 0 Å². The van der Waals surface area contributed by atoms with Gasteiger partial charge in [0, 0.05) is 26.1 Å². The van der Waals surface area contributed by atoms with Crippen LogP contribution in [-0.4, -0.2) is 38.6 Å². The second kappa shape index (κ2) is 12.5. The predicted octanol–water partition coefficient (Wildman–Crippen LogP) is 0.882. The highest BCUT2D eigenvalue weighted by Gasteiger charge is 1.94. The Morgan fingerprint density at radius 2 is 1.56 bits per heavy atom. The molecule has 3 N–H and O–H groups in total. The van der Waals surface area contributed by atoms with E-state index in [2.05, 4.69) is 22.9 Å². The molecule has 16 heavy (non-hydrogen) atoms. The molecule has 0 aliphatic carbocycles. The van der Waals surface area contributed by atoms with Gasteiger partial charge in [-0.05, 0) is 25.9 Å². The molecule has 0 fully saturated rings. The zero-order chi connectivity index (χ0) is 12.1. The summed E-state index contributed by atoms with van der Waals surface area (Å²) in [5.41, 5.74) is 0. The van der Waals surface area contributed by atoms with Gasteiger partial charge in [0.25, 0.3) is 0 Å². The molecule has 0 rings (SSSR count). The van der Waals surface area contributed by atoms with E-state index in [4.69, 9.17) is 0 Å². The van der Waals surface area contributed by atoms with Crippen molar-refractivity contribution in [3.05, 3.63) is 0 Å². The topological polar surface area (TPSA) is 53.2 Å². The van der Waals surface area contributed by atoms with Gasteiger partial charge in [0.1, 0.15) is 0 Å². The lowest BCUT2D eigenvalue weighted by atomic mass is 10.2. The number of hydrogen-bond acceptors (Lipinski definition) is 3. The summed E-state index contributed by atoms with van der Waals surface area (Å²) in [7, 11) is 0. The fourth-order valence-electron chi connectivity index (χ4n) is 1.38. The second-order valence-corrected chi connectivity index (χ2v) is 3.87. The van der Waals surface area contributed by atoms with Crippen molar-refractivity contribution < 1.29 is 4.79 Å². The maximum Gasteiger partial charge on any atom is 0.219 e. The average Bonchev–Trinajstić information content (AvgIpc) is 2.31. The molecule has 0 aromatic rings. The largest absolute Gasteiger partial charge is 0.356 e. The first-order chi connectivity index (χ1) is 7.81. The van der Waals surface area contributed by atoms with Gasteiger partial charge in [-0.1, -0.05) is 20.3 Å². The number of hydrogen-bond donors (Lipinski definition) is 3. The van der Waals surface area contributed by atoms with Crippen molar-refractivity contribution in [2.24, 2.45) is 0 Å². The maximum absolute atomic E-state index is 10.9. The number of rotatable bonds is 11. The van der Waals surface area contributed by atoms with Crippen LogP contribution in [0.2, 0.25) is 0 Å². The molecule has 0 aromatic heterocycles. The standard InChI is InChI=1S/C12H27N3O/c1-3-12(16)15-9-7-5-6-8-14-11-10-13-4-2/h13-14H,3-11H2,1-2H3,(H,15,16). The molecule has 0 aromatic carbocycles. The highest BCUT2D eigenvalue weighted by molar-refractivity contribution is 5.75. The lowest BCUT2D eigenvalue weighted by Crippen LogP contribution is -2.28. The van der Waals surface area contributed by atoms with Crippen LogP contribution in [0, 0.1) is 0 Å². The molecule has 0 saturated heterocycles. The first kappa shape index (κ1) is 15.4. The number of carbonyl (C=O) groups is 1. The van der Waals surface area contributed by atoms with Crippen LogP contribution in [0.3, 0.4) is 0 Å². The van der Waals surface area contributed by atoms with E-state index in [9.17, 15) is 4.79 Å². The van der Waals surface area contributed by atoms with E-state index >= 15 is 0 Å². The van der Waals surface area contributed by atoms with Crippen molar-refractivity contribution >= 4 is 5.91 Å². The molecular weight excluding hydrogens is 202 g/mol. The van der Waals surface area contributed by atoms with E-state index in [0.717, 1.165) is 39.1 Å². The van der Waals surface area contributed by atoms with Crippen molar-refractivity contribution in [1.82, 2.24) is 16.0 Å². The van der Waals surface area contributed by atoms with Gasteiger partial charge in [-0.2, -0.15) is 0 Å². The quantitative estimate of drug-likeness (QED) is 0.461. The Bertz CT molecular complexity index is 162. The minimum absolute atomic E-state index is 0.156. The molecule has 0 bridgehead atoms. The summed E-state index contributed by atoms with van der Waals surface area (Å²) in [6, 6.07) is 0. The summed E-state index contributed by atoms with van der Waals surface area (Å²) < 4.78 is 0. The van der Waals surface area contributed by atoms with Crippen LogP contribution in [0.15, 0.2) is 0 Å². The molecule has 0 aliphatic heterocycles. The SMILES string of the molecule is CCNCCNCCCCCNC(=O)CC. The molecule has 0 radical (unpaired) electrons. The minimum Gasteiger partial charge on any atom is -0.356 e. The van der Waals surface area contributed by atoms with Gasteiger partial charge >= 0.3 is 0 Å². The van der Waals surface area contributed by atoms with Crippen LogP contribution in [-0.2, 0) is 4.79 Å². The zero-order valence-electron chi connectivity index (χ0n) is 10.8. The van der Waals surface area contributed by atoms with E-state index in [0.29, 0.717) is 6.42 Å². The number of likely N-dealkylation sites (N-methyl/N-ethyl adjacent to an activating group) is 1. The Hall–Kier alpha value is -0.610. The number of amides is 1. The molecule has 0 saturated carbocycles. The van der Waals surface area contributed by atoms with Gasteiger partial charge in [0.15, 0.2) is 0 Å². The predicted molar refractivity (Wildman–Crippen MR) is 68.6 cm³/mol. The fraction of sp³-hybridized carbons (Fsp3) is 0.917. The second-order valence-electron chi connectivity index (χ2n) is 3.87. The van der Waals surface area contributed by atoms with E-state index in [1.165, 1.54) is 12.8 Å². The molecule has 0 unspecified atom stereocenters. The summed E-state index contributed by atoms with van der Waals surface area (Å²) in [5, 5.41) is 9.53. The normalized spacial score (nSPS) is 10.4. The summed E-state index contributed by atoms with van der Waals surface area (Å²) in [6.07, 6.45) is 4.04. The van der Waals surface area contributed by atoms with Gasteiger partial charge < -0.3 is 16.0 Å². The van der Waals surface area contributed by atoms with Crippen molar-refractivity contribution in [2.75, 3.05) is 32.7 Å². The van der Waals surface area contributed by atoms with Crippen LogP contribution < -0.4 is 16.0 Å². The van der Waals surface area contributed by atoms with Crippen LogP contribution in [0.1, 0.15) is 39.5 Å². The highest BCUT2D eigenvalue weighted by Crippen LogP contribution is 1.92. The number of unbranched alkanes of at least 4 members (excludes halogenated alkanes) is 2. The third-order valence-electron chi connectivity index (χ3n) is 2.40. The number of nitrogens with one attached hydrogen (secondary N) is 3. The van der Waals surface area contributed by atoms with E-state index in [1.807, 2.05) is 6.92 Å².